The van der Waals surface area contributed by atoms with Gasteiger partial charge < -0.3 is 14.4 Å². The van der Waals surface area contributed by atoms with Crippen molar-refractivity contribution >= 4 is 12.2 Å². The molecule has 1 fully saturated rings. The molecule has 15 heavy (non-hydrogen) atoms. The molecule has 0 amide bonds. The highest BCUT2D eigenvalue weighted by Crippen LogP contribution is 2.34. The van der Waals surface area contributed by atoms with Crippen molar-refractivity contribution in [2.75, 3.05) is 11.4 Å². The summed E-state index contributed by atoms with van der Waals surface area (Å²) in [7, 11) is 0. The minimum absolute atomic E-state index is 0.321. The predicted octanol–water partition coefficient (Wildman–Crippen LogP) is 1.44. The molecule has 1 N–H and O–H groups in total. The lowest BCUT2D eigenvalue weighted by molar-refractivity contribution is 0.109. The summed E-state index contributed by atoms with van der Waals surface area (Å²) in [4.78, 5) is 12.5. The summed E-state index contributed by atoms with van der Waals surface area (Å²) in [6.07, 6.45) is 1.05. The minimum Gasteiger partial charge on any atom is -0.438 e. The minimum atomic E-state index is -0.359. The largest absolute Gasteiger partial charge is 0.438 e. The average Bonchev–Trinajstić information content (AvgIpc) is 2.74. The molecule has 1 aliphatic heterocycles. The number of anilines is 1. The van der Waals surface area contributed by atoms with Crippen LogP contribution in [0.2, 0.25) is 0 Å². The number of hydrogen-bond donors (Lipinski definition) is 1. The topological polar surface area (TPSA) is 53.7 Å². The van der Waals surface area contributed by atoms with Crippen LogP contribution in [0, 0.1) is 0 Å². The quantitative estimate of drug-likeness (QED) is 0.749. The first kappa shape index (κ1) is 10.2. The number of rotatable bonds is 2. The van der Waals surface area contributed by atoms with E-state index in [1.54, 1.807) is 12.1 Å². The number of hydrogen-bond acceptors (Lipinski definition) is 4. The highest BCUT2D eigenvalue weighted by molar-refractivity contribution is 5.71. The molecular formula is C11H15NO3. The van der Waals surface area contributed by atoms with E-state index < -0.39 is 0 Å². The smallest absolute Gasteiger partial charge is 0.196 e. The summed E-state index contributed by atoms with van der Waals surface area (Å²) >= 11 is 0. The third-order valence-corrected chi connectivity index (χ3v) is 3.13. The van der Waals surface area contributed by atoms with Gasteiger partial charge in [-0.3, -0.25) is 4.79 Å². The van der Waals surface area contributed by atoms with E-state index in [0.29, 0.717) is 17.9 Å². The van der Waals surface area contributed by atoms with Crippen LogP contribution >= 0.6 is 0 Å². The van der Waals surface area contributed by atoms with Gasteiger partial charge >= 0.3 is 0 Å². The van der Waals surface area contributed by atoms with Gasteiger partial charge in [0.05, 0.1) is 11.6 Å². The van der Waals surface area contributed by atoms with Crippen LogP contribution in [-0.4, -0.2) is 29.6 Å². The van der Waals surface area contributed by atoms with Gasteiger partial charge in [-0.15, -0.1) is 0 Å². The Morgan fingerprint density at radius 3 is 2.80 bits per heavy atom. The molecule has 2 heterocycles. The van der Waals surface area contributed by atoms with Crippen LogP contribution in [0.3, 0.4) is 0 Å². The lowest BCUT2D eigenvalue weighted by atomic mass is 9.99. The molecule has 1 unspecified atom stereocenters. The molecule has 82 valence electrons. The van der Waals surface area contributed by atoms with Crippen LogP contribution in [0.5, 0.6) is 0 Å². The second kappa shape index (κ2) is 3.38. The Morgan fingerprint density at radius 1 is 1.60 bits per heavy atom. The Hall–Kier alpha value is -1.29. The molecule has 1 aromatic heterocycles. The van der Waals surface area contributed by atoms with E-state index in [1.165, 1.54) is 0 Å². The average molecular weight is 209 g/mol. The molecular weight excluding hydrogens is 194 g/mol. The number of furan rings is 1. The van der Waals surface area contributed by atoms with Gasteiger partial charge in [0, 0.05) is 12.6 Å². The standard InChI is InChI=1S/C11H15NO3/c1-11(2)9(14)5-6-12(11)10-4-3-8(7-13)15-10/h3-4,7,9,14H,5-6H2,1-2H3. The number of aldehydes is 1. The zero-order valence-electron chi connectivity index (χ0n) is 8.93. The van der Waals surface area contributed by atoms with Gasteiger partial charge in [0.25, 0.3) is 0 Å². The van der Waals surface area contributed by atoms with E-state index in [4.69, 9.17) is 4.42 Å². The van der Waals surface area contributed by atoms with Crippen molar-refractivity contribution in [1.82, 2.24) is 0 Å². The van der Waals surface area contributed by atoms with Gasteiger partial charge in [-0.05, 0) is 26.3 Å². The molecule has 1 saturated heterocycles. The molecule has 0 aromatic carbocycles. The fraction of sp³-hybridized carbons (Fsp3) is 0.545. The predicted molar refractivity (Wildman–Crippen MR) is 56.1 cm³/mol. The van der Waals surface area contributed by atoms with Crippen molar-refractivity contribution in [3.05, 3.63) is 17.9 Å². The zero-order valence-corrected chi connectivity index (χ0v) is 8.93. The number of aliphatic hydroxyl groups excluding tert-OH is 1. The van der Waals surface area contributed by atoms with E-state index in [-0.39, 0.29) is 11.6 Å². The lowest BCUT2D eigenvalue weighted by Crippen LogP contribution is -2.44. The highest BCUT2D eigenvalue weighted by Gasteiger charge is 2.41. The molecule has 1 atom stereocenters. The van der Waals surface area contributed by atoms with Crippen LogP contribution in [0.25, 0.3) is 0 Å². The van der Waals surface area contributed by atoms with Crippen molar-refractivity contribution in [3.8, 4) is 0 Å². The number of carbonyl (C=O) groups is 1. The third kappa shape index (κ3) is 1.55. The van der Waals surface area contributed by atoms with E-state index >= 15 is 0 Å². The molecule has 1 aromatic rings. The molecule has 1 aliphatic rings. The Bertz CT molecular complexity index is 370. The molecule has 4 heteroatoms. The van der Waals surface area contributed by atoms with Gasteiger partial charge in [0.2, 0.25) is 0 Å². The summed E-state index contributed by atoms with van der Waals surface area (Å²) in [5, 5.41) is 9.80. The summed E-state index contributed by atoms with van der Waals surface area (Å²) < 4.78 is 5.35. The van der Waals surface area contributed by atoms with E-state index in [2.05, 4.69) is 0 Å². The normalized spacial score (nSPS) is 24.5. The van der Waals surface area contributed by atoms with Crippen LogP contribution in [0.1, 0.15) is 30.8 Å². The van der Waals surface area contributed by atoms with Crippen LogP contribution in [-0.2, 0) is 0 Å². The summed E-state index contributed by atoms with van der Waals surface area (Å²) in [6, 6.07) is 3.41. The maximum Gasteiger partial charge on any atom is 0.196 e. The molecule has 2 rings (SSSR count). The highest BCUT2D eigenvalue weighted by atomic mass is 16.4. The van der Waals surface area contributed by atoms with Gasteiger partial charge in [0.1, 0.15) is 0 Å². The summed E-state index contributed by atoms with van der Waals surface area (Å²) in [5.74, 6) is 0.973. The molecule has 0 radical (unpaired) electrons. The van der Waals surface area contributed by atoms with Gasteiger partial charge in [-0.25, -0.2) is 0 Å². The number of aliphatic hydroxyl groups is 1. The van der Waals surface area contributed by atoms with E-state index in [0.717, 1.165) is 13.0 Å². The Balaban J connectivity index is 2.28. The maximum absolute atomic E-state index is 10.5. The van der Waals surface area contributed by atoms with Gasteiger partial charge in [-0.1, -0.05) is 0 Å². The first-order valence-corrected chi connectivity index (χ1v) is 5.06. The summed E-state index contributed by atoms with van der Waals surface area (Å²) in [5.41, 5.74) is -0.335. The fourth-order valence-electron chi connectivity index (χ4n) is 2.02. The van der Waals surface area contributed by atoms with Crippen LogP contribution in [0.4, 0.5) is 5.88 Å². The van der Waals surface area contributed by atoms with E-state index in [9.17, 15) is 9.90 Å². The Labute approximate surface area is 88.5 Å². The van der Waals surface area contributed by atoms with Crippen LogP contribution in [0.15, 0.2) is 16.5 Å². The number of nitrogens with zero attached hydrogens (tertiary/aromatic N) is 1. The van der Waals surface area contributed by atoms with Crippen molar-refractivity contribution in [1.29, 1.82) is 0 Å². The molecule has 0 spiro atoms. The first-order chi connectivity index (χ1) is 7.05. The fourth-order valence-corrected chi connectivity index (χ4v) is 2.02. The van der Waals surface area contributed by atoms with Crippen molar-refractivity contribution in [2.24, 2.45) is 0 Å². The van der Waals surface area contributed by atoms with Gasteiger partial charge in [0.15, 0.2) is 17.9 Å². The zero-order chi connectivity index (χ0) is 11.1. The Morgan fingerprint density at radius 2 is 2.33 bits per heavy atom. The first-order valence-electron chi connectivity index (χ1n) is 5.06. The number of carbonyl (C=O) groups excluding carboxylic acids is 1. The Kier molecular flexibility index (Phi) is 2.31. The molecule has 0 bridgehead atoms. The monoisotopic (exact) mass is 209 g/mol. The lowest BCUT2D eigenvalue weighted by Gasteiger charge is -2.33. The molecule has 0 aliphatic carbocycles. The third-order valence-electron chi connectivity index (χ3n) is 3.13. The second-order valence-corrected chi connectivity index (χ2v) is 4.40. The van der Waals surface area contributed by atoms with Gasteiger partial charge in [-0.2, -0.15) is 0 Å². The van der Waals surface area contributed by atoms with E-state index in [1.807, 2.05) is 18.7 Å². The molecule has 0 saturated carbocycles. The van der Waals surface area contributed by atoms with Crippen molar-refractivity contribution in [3.63, 3.8) is 0 Å². The van der Waals surface area contributed by atoms with Crippen molar-refractivity contribution < 1.29 is 14.3 Å². The molecule has 4 nitrogen and oxygen atoms in total. The van der Waals surface area contributed by atoms with Crippen molar-refractivity contribution in [2.45, 2.75) is 31.9 Å². The summed E-state index contributed by atoms with van der Waals surface area (Å²) in [6.45, 7) is 4.68. The maximum atomic E-state index is 10.5. The SMILES string of the molecule is CC1(C)C(O)CCN1c1ccc(C=O)o1. The van der Waals surface area contributed by atoms with Crippen LogP contribution < -0.4 is 4.90 Å². The second-order valence-electron chi connectivity index (χ2n) is 4.40.